The van der Waals surface area contributed by atoms with Gasteiger partial charge in [0.15, 0.2) is 5.82 Å². The van der Waals surface area contributed by atoms with Crippen LogP contribution in [0.2, 0.25) is 0 Å². The van der Waals surface area contributed by atoms with Crippen LogP contribution in [0, 0.1) is 5.82 Å². The minimum absolute atomic E-state index is 0.198. The summed E-state index contributed by atoms with van der Waals surface area (Å²) in [5.74, 6) is 1.02. The molecule has 0 radical (unpaired) electrons. The molecule has 0 atom stereocenters. The number of nitrogens with zero attached hydrogens (tertiary/aromatic N) is 4. The molecular weight excluding hydrogens is 395 g/mol. The van der Waals surface area contributed by atoms with E-state index in [0.29, 0.717) is 23.2 Å². The number of rotatable bonds is 5. The fraction of sp³-hybridized carbons (Fsp3) is 0.261. The van der Waals surface area contributed by atoms with Gasteiger partial charge in [-0.3, -0.25) is 0 Å². The van der Waals surface area contributed by atoms with E-state index in [1.807, 2.05) is 30.5 Å². The van der Waals surface area contributed by atoms with Crippen LogP contribution in [0.3, 0.4) is 0 Å². The van der Waals surface area contributed by atoms with Gasteiger partial charge < -0.3 is 15.4 Å². The minimum Gasteiger partial charge on any atom is -0.495 e. The molecule has 2 N–H and O–H groups in total. The first-order chi connectivity index (χ1) is 15.2. The van der Waals surface area contributed by atoms with Crippen molar-refractivity contribution in [3.05, 3.63) is 66.4 Å². The van der Waals surface area contributed by atoms with Crippen LogP contribution in [0.25, 0.3) is 16.8 Å². The van der Waals surface area contributed by atoms with E-state index in [0.717, 1.165) is 37.1 Å². The predicted molar refractivity (Wildman–Crippen MR) is 117 cm³/mol. The molecule has 5 rings (SSSR count). The number of anilines is 2. The highest BCUT2D eigenvalue weighted by molar-refractivity contribution is 5.78. The van der Waals surface area contributed by atoms with Gasteiger partial charge in [0.1, 0.15) is 11.4 Å². The van der Waals surface area contributed by atoms with E-state index in [1.165, 1.54) is 11.8 Å². The fourth-order valence-corrected chi connectivity index (χ4v) is 4.07. The second kappa shape index (κ2) is 8.31. The number of methoxy groups -OCH3 is 1. The highest BCUT2D eigenvalue weighted by atomic mass is 19.1. The lowest BCUT2D eigenvalue weighted by atomic mass is 9.90. The number of hydrogen-bond acceptors (Lipinski definition) is 6. The van der Waals surface area contributed by atoms with Gasteiger partial charge in [0.05, 0.1) is 30.7 Å². The van der Waals surface area contributed by atoms with Crippen molar-refractivity contribution in [1.29, 1.82) is 0 Å². The number of piperidine rings is 1. The molecule has 0 unspecified atom stereocenters. The molecular formula is C23H23FN6O. The minimum atomic E-state index is -0.502. The largest absolute Gasteiger partial charge is 0.495 e. The van der Waals surface area contributed by atoms with Gasteiger partial charge in [0, 0.05) is 11.8 Å². The summed E-state index contributed by atoms with van der Waals surface area (Å²) in [6.45, 7) is 2.06. The van der Waals surface area contributed by atoms with Crippen molar-refractivity contribution in [1.82, 2.24) is 24.9 Å². The van der Waals surface area contributed by atoms with Crippen LogP contribution in [-0.4, -0.2) is 39.8 Å². The molecule has 1 aliphatic rings. The summed E-state index contributed by atoms with van der Waals surface area (Å²) in [6.07, 6.45) is 6.82. The average Bonchev–Trinajstić information content (AvgIpc) is 3.25. The van der Waals surface area contributed by atoms with E-state index in [9.17, 15) is 4.39 Å². The molecule has 158 valence electrons. The van der Waals surface area contributed by atoms with Crippen LogP contribution < -0.4 is 15.4 Å². The standard InChI is InChI=1S/C23H23FN6O/c1-31-21-12-16(15-7-9-25-10-8-15)5-6-19(21)28-23-26-14-18(24)22(29-23)17-13-27-30-11-3-2-4-20(17)30/h2-6,11-15,25H,7-10H2,1H3,(H,26,28,29). The number of nitrogens with one attached hydrogen (secondary N) is 2. The molecule has 0 amide bonds. The maximum atomic E-state index is 14.6. The average molecular weight is 418 g/mol. The zero-order chi connectivity index (χ0) is 21.2. The van der Waals surface area contributed by atoms with Gasteiger partial charge in [-0.15, -0.1) is 0 Å². The topological polar surface area (TPSA) is 76.4 Å². The van der Waals surface area contributed by atoms with Gasteiger partial charge in [-0.2, -0.15) is 5.10 Å². The Kier molecular flexibility index (Phi) is 5.21. The highest BCUT2D eigenvalue weighted by Crippen LogP contribution is 2.34. The number of hydrogen-bond donors (Lipinski definition) is 2. The number of fused-ring (bicyclic) bond motifs is 1. The molecule has 1 saturated heterocycles. The normalized spacial score (nSPS) is 14.6. The molecule has 1 aromatic carbocycles. The van der Waals surface area contributed by atoms with Gasteiger partial charge in [0.25, 0.3) is 0 Å². The van der Waals surface area contributed by atoms with E-state index in [2.05, 4.69) is 37.8 Å². The third kappa shape index (κ3) is 3.82. The maximum Gasteiger partial charge on any atom is 0.228 e. The van der Waals surface area contributed by atoms with E-state index in [1.54, 1.807) is 17.8 Å². The van der Waals surface area contributed by atoms with Gasteiger partial charge >= 0.3 is 0 Å². The van der Waals surface area contributed by atoms with Crippen molar-refractivity contribution in [3.8, 4) is 17.0 Å². The van der Waals surface area contributed by atoms with E-state index >= 15 is 0 Å². The second-order valence-electron chi connectivity index (χ2n) is 7.59. The molecule has 0 bridgehead atoms. The zero-order valence-electron chi connectivity index (χ0n) is 17.2. The quantitative estimate of drug-likeness (QED) is 0.507. The third-order valence-corrected chi connectivity index (χ3v) is 5.71. The summed E-state index contributed by atoms with van der Waals surface area (Å²) in [4.78, 5) is 8.56. The van der Waals surface area contributed by atoms with Crippen molar-refractivity contribution in [3.63, 3.8) is 0 Å². The predicted octanol–water partition coefficient (Wildman–Crippen LogP) is 4.15. The molecule has 4 heterocycles. The SMILES string of the molecule is COc1cc(C2CCNCC2)ccc1Nc1ncc(F)c(-c2cnn3ccccc23)n1. The Morgan fingerprint density at radius 1 is 1.16 bits per heavy atom. The van der Waals surface area contributed by atoms with E-state index in [4.69, 9.17) is 4.74 Å². The number of halogens is 1. The Bertz CT molecular complexity index is 1220. The molecule has 8 heteroatoms. The van der Waals surface area contributed by atoms with Gasteiger partial charge in [-0.1, -0.05) is 12.1 Å². The monoisotopic (exact) mass is 418 g/mol. The Morgan fingerprint density at radius 3 is 2.87 bits per heavy atom. The summed E-state index contributed by atoms with van der Waals surface area (Å²) in [5.41, 5.74) is 3.57. The third-order valence-electron chi connectivity index (χ3n) is 5.71. The molecule has 1 aliphatic heterocycles. The number of aromatic nitrogens is 4. The fourth-order valence-electron chi connectivity index (χ4n) is 4.07. The first-order valence-corrected chi connectivity index (χ1v) is 10.3. The van der Waals surface area contributed by atoms with Crippen molar-refractivity contribution >= 4 is 17.2 Å². The Morgan fingerprint density at radius 2 is 2.03 bits per heavy atom. The van der Waals surface area contributed by atoms with Gasteiger partial charge in [0.2, 0.25) is 5.95 Å². The molecule has 3 aromatic heterocycles. The van der Waals surface area contributed by atoms with Crippen LogP contribution in [0.5, 0.6) is 5.75 Å². The van der Waals surface area contributed by atoms with Crippen molar-refractivity contribution < 1.29 is 9.13 Å². The highest BCUT2D eigenvalue weighted by Gasteiger charge is 2.18. The molecule has 1 fully saturated rings. The molecule has 0 spiro atoms. The Balaban J connectivity index is 1.46. The zero-order valence-corrected chi connectivity index (χ0v) is 17.2. The van der Waals surface area contributed by atoms with Crippen LogP contribution in [0.4, 0.5) is 16.0 Å². The maximum absolute atomic E-state index is 14.6. The van der Waals surface area contributed by atoms with Crippen LogP contribution in [-0.2, 0) is 0 Å². The summed E-state index contributed by atoms with van der Waals surface area (Å²) in [6, 6.07) is 11.8. The molecule has 7 nitrogen and oxygen atoms in total. The van der Waals surface area contributed by atoms with Gasteiger partial charge in [-0.05, 0) is 61.7 Å². The van der Waals surface area contributed by atoms with Crippen LogP contribution >= 0.6 is 0 Å². The van der Waals surface area contributed by atoms with Crippen molar-refractivity contribution in [2.75, 3.05) is 25.5 Å². The first-order valence-electron chi connectivity index (χ1n) is 10.3. The Labute approximate surface area is 179 Å². The van der Waals surface area contributed by atoms with E-state index < -0.39 is 5.82 Å². The molecule has 4 aromatic rings. The van der Waals surface area contributed by atoms with Gasteiger partial charge in [-0.25, -0.2) is 18.9 Å². The number of ether oxygens (including phenoxy) is 1. The summed E-state index contributed by atoms with van der Waals surface area (Å²) in [7, 11) is 1.64. The summed E-state index contributed by atoms with van der Waals surface area (Å²) >= 11 is 0. The van der Waals surface area contributed by atoms with E-state index in [-0.39, 0.29) is 5.69 Å². The second-order valence-corrected chi connectivity index (χ2v) is 7.59. The summed E-state index contributed by atoms with van der Waals surface area (Å²) in [5, 5.41) is 10.8. The molecule has 0 saturated carbocycles. The summed E-state index contributed by atoms with van der Waals surface area (Å²) < 4.78 is 21.9. The molecule has 0 aliphatic carbocycles. The lowest BCUT2D eigenvalue weighted by molar-refractivity contribution is 0.413. The lowest BCUT2D eigenvalue weighted by Gasteiger charge is -2.24. The van der Waals surface area contributed by atoms with Crippen molar-refractivity contribution in [2.24, 2.45) is 0 Å². The first kappa shape index (κ1) is 19.4. The lowest BCUT2D eigenvalue weighted by Crippen LogP contribution is -2.26. The Hall–Kier alpha value is -3.52. The number of benzene rings is 1. The van der Waals surface area contributed by atoms with Crippen LogP contribution in [0.15, 0.2) is 55.0 Å². The number of pyridine rings is 1. The van der Waals surface area contributed by atoms with Crippen molar-refractivity contribution in [2.45, 2.75) is 18.8 Å². The smallest absolute Gasteiger partial charge is 0.228 e. The van der Waals surface area contributed by atoms with Crippen LogP contribution in [0.1, 0.15) is 24.3 Å². The molecule has 31 heavy (non-hydrogen) atoms.